The molecule has 0 atom stereocenters. The number of hydrogen-bond donors (Lipinski definition) is 0. The van der Waals surface area contributed by atoms with Crippen LogP contribution in [0.4, 0.5) is 0 Å². The first kappa shape index (κ1) is 15.3. The van der Waals surface area contributed by atoms with Crippen LogP contribution in [0, 0.1) is 0 Å². The third-order valence-electron chi connectivity index (χ3n) is 2.90. The van der Waals surface area contributed by atoms with Gasteiger partial charge in [0.25, 0.3) is 0 Å². The maximum Gasteiger partial charge on any atom is 0.246 e. The van der Waals surface area contributed by atoms with Crippen molar-refractivity contribution in [3.05, 3.63) is 35.9 Å². The molecule has 3 nitrogen and oxygen atoms in total. The number of rotatable bonds is 4. The number of benzene rings is 1. The summed E-state index contributed by atoms with van der Waals surface area (Å²) in [6, 6.07) is 7.63. The van der Waals surface area contributed by atoms with Crippen LogP contribution in [-0.2, 0) is 4.79 Å². The quantitative estimate of drug-likeness (QED) is 0.778. The van der Waals surface area contributed by atoms with Crippen molar-refractivity contribution in [2.24, 2.45) is 0 Å². The van der Waals surface area contributed by atoms with E-state index >= 15 is 0 Å². The van der Waals surface area contributed by atoms with Gasteiger partial charge in [0.05, 0.1) is 7.11 Å². The fourth-order valence-corrected chi connectivity index (χ4v) is 1.96. The fraction of sp³-hybridized carbons (Fsp3) is 0.438. The van der Waals surface area contributed by atoms with E-state index in [-0.39, 0.29) is 11.4 Å². The Hall–Kier alpha value is -1.77. The van der Waals surface area contributed by atoms with Crippen LogP contribution in [0.1, 0.15) is 33.3 Å². The molecule has 0 spiro atoms. The molecule has 1 aromatic rings. The predicted octanol–water partition coefficient (Wildman–Crippen LogP) is 3.36. The second-order valence-corrected chi connectivity index (χ2v) is 5.36. The first-order valence-corrected chi connectivity index (χ1v) is 6.52. The van der Waals surface area contributed by atoms with E-state index in [0.717, 1.165) is 11.3 Å². The van der Waals surface area contributed by atoms with E-state index in [2.05, 4.69) is 0 Å². The van der Waals surface area contributed by atoms with Crippen molar-refractivity contribution >= 4 is 12.0 Å². The zero-order valence-electron chi connectivity index (χ0n) is 12.4. The lowest BCUT2D eigenvalue weighted by atomic mass is 10.1. The number of carbonyl (C=O) groups is 1. The number of carbonyl (C=O) groups excluding carboxylic acids is 1. The molecule has 1 rings (SSSR count). The normalized spacial score (nSPS) is 11.6. The Kier molecular flexibility index (Phi) is 5.16. The van der Waals surface area contributed by atoms with E-state index in [9.17, 15) is 4.79 Å². The molecular formula is C16H23NO2. The summed E-state index contributed by atoms with van der Waals surface area (Å²) in [5.74, 6) is 0.815. The van der Waals surface area contributed by atoms with Crippen molar-refractivity contribution < 1.29 is 9.53 Å². The van der Waals surface area contributed by atoms with Crippen LogP contribution < -0.4 is 4.74 Å². The molecule has 0 unspecified atom stereocenters. The molecule has 0 aliphatic heterocycles. The molecule has 1 amide bonds. The third-order valence-corrected chi connectivity index (χ3v) is 2.90. The molecule has 0 saturated heterocycles. The first-order valence-electron chi connectivity index (χ1n) is 6.52. The van der Waals surface area contributed by atoms with Crippen LogP contribution >= 0.6 is 0 Å². The maximum absolute atomic E-state index is 12.2. The lowest BCUT2D eigenvalue weighted by Gasteiger charge is -2.34. The van der Waals surface area contributed by atoms with Crippen molar-refractivity contribution in [1.82, 2.24) is 4.90 Å². The lowest BCUT2D eigenvalue weighted by Crippen LogP contribution is -2.44. The Morgan fingerprint density at radius 3 is 2.58 bits per heavy atom. The van der Waals surface area contributed by atoms with Crippen LogP contribution in [-0.4, -0.2) is 30.0 Å². The van der Waals surface area contributed by atoms with Crippen LogP contribution in [0.15, 0.2) is 30.3 Å². The second kappa shape index (κ2) is 6.41. The largest absolute Gasteiger partial charge is 0.497 e. The highest BCUT2D eigenvalue weighted by Gasteiger charge is 2.22. The Bertz CT molecular complexity index is 458. The van der Waals surface area contributed by atoms with E-state index < -0.39 is 0 Å². The number of methoxy groups -OCH3 is 1. The second-order valence-electron chi connectivity index (χ2n) is 5.36. The number of hydrogen-bond acceptors (Lipinski definition) is 2. The third kappa shape index (κ3) is 4.43. The summed E-state index contributed by atoms with van der Waals surface area (Å²) >= 11 is 0. The summed E-state index contributed by atoms with van der Waals surface area (Å²) in [5, 5.41) is 0. The predicted molar refractivity (Wildman–Crippen MR) is 79.2 cm³/mol. The van der Waals surface area contributed by atoms with Gasteiger partial charge in [0.15, 0.2) is 0 Å². The summed E-state index contributed by atoms with van der Waals surface area (Å²) in [6.45, 7) is 8.79. The van der Waals surface area contributed by atoms with Gasteiger partial charge in [-0.3, -0.25) is 4.79 Å². The molecule has 0 heterocycles. The van der Waals surface area contributed by atoms with Crippen LogP contribution in [0.5, 0.6) is 5.75 Å². The van der Waals surface area contributed by atoms with Crippen LogP contribution in [0.25, 0.3) is 6.08 Å². The van der Waals surface area contributed by atoms with Crippen LogP contribution in [0.3, 0.4) is 0 Å². The highest BCUT2D eigenvalue weighted by atomic mass is 16.5. The average molecular weight is 261 g/mol. The van der Waals surface area contributed by atoms with Gasteiger partial charge in [-0.25, -0.2) is 0 Å². The molecule has 0 N–H and O–H groups in total. The van der Waals surface area contributed by atoms with Gasteiger partial charge < -0.3 is 9.64 Å². The summed E-state index contributed by atoms with van der Waals surface area (Å²) < 4.78 is 5.16. The highest BCUT2D eigenvalue weighted by molar-refractivity contribution is 5.92. The van der Waals surface area contributed by atoms with E-state index in [1.165, 1.54) is 0 Å². The number of amides is 1. The lowest BCUT2D eigenvalue weighted by molar-refractivity contribution is -0.130. The van der Waals surface area contributed by atoms with E-state index in [4.69, 9.17) is 4.74 Å². The molecule has 0 aliphatic carbocycles. The zero-order valence-corrected chi connectivity index (χ0v) is 12.4. The highest BCUT2D eigenvalue weighted by Crippen LogP contribution is 2.16. The molecule has 3 heteroatoms. The molecule has 0 bridgehead atoms. The molecule has 104 valence electrons. The van der Waals surface area contributed by atoms with Crippen molar-refractivity contribution in [3.63, 3.8) is 0 Å². The van der Waals surface area contributed by atoms with E-state index in [1.54, 1.807) is 13.2 Å². The molecule has 0 aliphatic rings. The average Bonchev–Trinajstić information content (AvgIpc) is 2.35. The molecule has 0 fully saturated rings. The molecule has 19 heavy (non-hydrogen) atoms. The van der Waals surface area contributed by atoms with Crippen LogP contribution in [0.2, 0.25) is 0 Å². The fourth-order valence-electron chi connectivity index (χ4n) is 1.96. The molecule has 0 aromatic heterocycles. The SMILES string of the molecule is CCN(C(=O)/C=C/c1cccc(OC)c1)C(C)(C)C. The van der Waals surface area contributed by atoms with Crippen molar-refractivity contribution in [2.45, 2.75) is 33.2 Å². The number of likely N-dealkylation sites (N-methyl/N-ethyl adjacent to an activating group) is 1. The number of ether oxygens (including phenoxy) is 1. The van der Waals surface area contributed by atoms with Gasteiger partial charge in [0, 0.05) is 18.2 Å². The van der Waals surface area contributed by atoms with Gasteiger partial charge in [-0.2, -0.15) is 0 Å². The van der Waals surface area contributed by atoms with E-state index in [1.807, 2.05) is 62.9 Å². The molecule has 0 saturated carbocycles. The molecule has 0 radical (unpaired) electrons. The first-order chi connectivity index (χ1) is 8.88. The van der Waals surface area contributed by atoms with Crippen molar-refractivity contribution in [3.8, 4) is 5.75 Å². The van der Waals surface area contributed by atoms with Gasteiger partial charge >= 0.3 is 0 Å². The van der Waals surface area contributed by atoms with Crippen molar-refractivity contribution in [1.29, 1.82) is 0 Å². The topological polar surface area (TPSA) is 29.5 Å². The van der Waals surface area contributed by atoms with Gasteiger partial charge in [-0.05, 0) is 51.5 Å². The van der Waals surface area contributed by atoms with Gasteiger partial charge in [0.2, 0.25) is 5.91 Å². The summed E-state index contributed by atoms with van der Waals surface area (Å²) in [7, 11) is 1.63. The minimum absolute atomic E-state index is 0.0258. The smallest absolute Gasteiger partial charge is 0.246 e. The molecular weight excluding hydrogens is 238 g/mol. The van der Waals surface area contributed by atoms with Gasteiger partial charge in [-0.15, -0.1) is 0 Å². The minimum Gasteiger partial charge on any atom is -0.497 e. The Morgan fingerprint density at radius 1 is 1.37 bits per heavy atom. The number of nitrogens with zero attached hydrogens (tertiary/aromatic N) is 1. The monoisotopic (exact) mass is 261 g/mol. The minimum atomic E-state index is -0.162. The summed E-state index contributed by atoms with van der Waals surface area (Å²) in [6.07, 6.45) is 3.43. The standard InChI is InChI=1S/C16H23NO2/c1-6-17(16(2,3)4)15(18)11-10-13-8-7-9-14(12-13)19-5/h7-12H,6H2,1-5H3/b11-10+. The summed E-state index contributed by atoms with van der Waals surface area (Å²) in [4.78, 5) is 14.0. The Balaban J connectivity index is 2.82. The van der Waals surface area contributed by atoms with Gasteiger partial charge in [0.1, 0.15) is 5.75 Å². The Labute approximate surface area is 115 Å². The van der Waals surface area contributed by atoms with E-state index in [0.29, 0.717) is 6.54 Å². The molecule has 1 aromatic carbocycles. The van der Waals surface area contributed by atoms with Gasteiger partial charge in [-0.1, -0.05) is 12.1 Å². The Morgan fingerprint density at radius 2 is 2.05 bits per heavy atom. The zero-order chi connectivity index (χ0) is 14.5. The maximum atomic E-state index is 12.2. The van der Waals surface area contributed by atoms with Crippen molar-refractivity contribution in [2.75, 3.05) is 13.7 Å². The summed E-state index contributed by atoms with van der Waals surface area (Å²) in [5.41, 5.74) is 0.794.